The third-order valence-electron chi connectivity index (χ3n) is 3.88. The highest BCUT2D eigenvalue weighted by atomic mass is 16.6. The van der Waals surface area contributed by atoms with E-state index >= 15 is 0 Å². The van der Waals surface area contributed by atoms with Gasteiger partial charge in [0.2, 0.25) is 0 Å². The van der Waals surface area contributed by atoms with Gasteiger partial charge in [-0.1, -0.05) is 58.3 Å². The molecular formula is C19H28O5. The zero-order valence-corrected chi connectivity index (χ0v) is 14.4. The number of hydrogen-bond donors (Lipinski definition) is 2. The first kappa shape index (κ1) is 20.0. The summed E-state index contributed by atoms with van der Waals surface area (Å²) in [6.07, 6.45) is 11.5. The average molecular weight is 336 g/mol. The SMILES string of the molecule is CCCCCCCCCCCC(=O)O.O=C1Oc2ccc(O)cc21. The first-order valence-electron chi connectivity index (χ1n) is 8.81. The van der Waals surface area contributed by atoms with Crippen LogP contribution in [0.2, 0.25) is 0 Å². The van der Waals surface area contributed by atoms with Gasteiger partial charge in [-0.05, 0) is 24.6 Å². The number of fused-ring (bicyclic) bond motifs is 1. The molecule has 0 saturated carbocycles. The van der Waals surface area contributed by atoms with Gasteiger partial charge in [-0.15, -0.1) is 0 Å². The van der Waals surface area contributed by atoms with Crippen molar-refractivity contribution in [3.63, 3.8) is 0 Å². The quantitative estimate of drug-likeness (QED) is 0.468. The molecule has 0 unspecified atom stereocenters. The number of phenols is 1. The Bertz CT molecular complexity index is 524. The Morgan fingerprint density at radius 2 is 1.58 bits per heavy atom. The van der Waals surface area contributed by atoms with Gasteiger partial charge in [0.25, 0.3) is 0 Å². The van der Waals surface area contributed by atoms with E-state index in [1.165, 1.54) is 57.1 Å². The van der Waals surface area contributed by atoms with Crippen LogP contribution in [0.3, 0.4) is 0 Å². The summed E-state index contributed by atoms with van der Waals surface area (Å²) < 4.78 is 4.59. The third kappa shape index (κ3) is 7.99. The van der Waals surface area contributed by atoms with Crippen LogP contribution in [0.15, 0.2) is 18.2 Å². The zero-order chi connectivity index (χ0) is 17.8. The van der Waals surface area contributed by atoms with E-state index in [0.717, 1.165) is 12.8 Å². The number of carbonyl (C=O) groups excluding carboxylic acids is 1. The Kier molecular flexibility index (Phi) is 9.58. The smallest absolute Gasteiger partial charge is 0.347 e. The van der Waals surface area contributed by atoms with Gasteiger partial charge in [0.15, 0.2) is 0 Å². The molecule has 0 aromatic heterocycles. The number of phenolic OH excluding ortho intramolecular Hbond substituents is 1. The van der Waals surface area contributed by atoms with Crippen molar-refractivity contribution >= 4 is 11.9 Å². The molecule has 0 saturated heterocycles. The molecule has 0 aliphatic carbocycles. The summed E-state index contributed by atoms with van der Waals surface area (Å²) in [6, 6.07) is 4.43. The minimum atomic E-state index is -0.659. The molecule has 0 radical (unpaired) electrons. The average Bonchev–Trinajstić information content (AvgIpc) is 2.55. The molecule has 0 bridgehead atoms. The minimum Gasteiger partial charge on any atom is -0.508 e. The molecule has 0 fully saturated rings. The fraction of sp³-hybridized carbons (Fsp3) is 0.579. The first-order chi connectivity index (χ1) is 11.5. The molecule has 1 aliphatic rings. The second-order valence-electron chi connectivity index (χ2n) is 6.04. The highest BCUT2D eigenvalue weighted by Gasteiger charge is 2.25. The molecule has 24 heavy (non-hydrogen) atoms. The first-order valence-corrected chi connectivity index (χ1v) is 8.81. The van der Waals surface area contributed by atoms with Crippen LogP contribution in [0.25, 0.3) is 0 Å². The van der Waals surface area contributed by atoms with Crippen LogP contribution in [-0.2, 0) is 4.79 Å². The fourth-order valence-electron chi connectivity index (χ4n) is 2.46. The molecule has 0 atom stereocenters. The molecule has 1 aliphatic heterocycles. The van der Waals surface area contributed by atoms with Crippen molar-refractivity contribution in [2.75, 3.05) is 0 Å². The number of carboxylic acids is 1. The molecule has 134 valence electrons. The van der Waals surface area contributed by atoms with Crippen molar-refractivity contribution in [1.82, 2.24) is 0 Å². The maximum atomic E-state index is 10.5. The number of benzene rings is 1. The van der Waals surface area contributed by atoms with Crippen LogP contribution >= 0.6 is 0 Å². The lowest BCUT2D eigenvalue weighted by molar-refractivity contribution is -0.137. The molecule has 5 heteroatoms. The van der Waals surface area contributed by atoms with E-state index in [4.69, 9.17) is 10.2 Å². The lowest BCUT2D eigenvalue weighted by Gasteiger charge is -2.16. The van der Waals surface area contributed by atoms with E-state index in [1.54, 1.807) is 6.07 Å². The topological polar surface area (TPSA) is 83.8 Å². The maximum Gasteiger partial charge on any atom is 0.347 e. The largest absolute Gasteiger partial charge is 0.508 e. The lowest BCUT2D eigenvalue weighted by atomic mass is 10.1. The van der Waals surface area contributed by atoms with Gasteiger partial charge in [0.1, 0.15) is 17.1 Å². The Hall–Kier alpha value is -2.04. The monoisotopic (exact) mass is 336 g/mol. The molecular weight excluding hydrogens is 308 g/mol. The molecule has 0 amide bonds. The van der Waals surface area contributed by atoms with Crippen LogP contribution in [-0.4, -0.2) is 22.2 Å². The number of carboxylic acid groups (broad SMARTS) is 1. The van der Waals surface area contributed by atoms with Crippen molar-refractivity contribution in [3.05, 3.63) is 23.8 Å². The summed E-state index contributed by atoms with van der Waals surface area (Å²) in [7, 11) is 0. The van der Waals surface area contributed by atoms with Crippen LogP contribution < -0.4 is 4.74 Å². The molecule has 5 nitrogen and oxygen atoms in total. The fourth-order valence-corrected chi connectivity index (χ4v) is 2.46. The summed E-state index contributed by atoms with van der Waals surface area (Å²) in [5.41, 5.74) is 0.458. The highest BCUT2D eigenvalue weighted by molar-refractivity contribution is 6.01. The van der Waals surface area contributed by atoms with E-state index in [0.29, 0.717) is 17.7 Å². The summed E-state index contributed by atoms with van der Waals surface area (Å²) >= 11 is 0. The summed E-state index contributed by atoms with van der Waals surface area (Å²) in [5, 5.41) is 17.3. The maximum absolute atomic E-state index is 10.5. The number of carbonyl (C=O) groups is 2. The van der Waals surface area contributed by atoms with Gasteiger partial charge in [-0.25, -0.2) is 4.79 Å². The number of aliphatic carboxylic acids is 1. The van der Waals surface area contributed by atoms with E-state index in [9.17, 15) is 9.59 Å². The minimum absolute atomic E-state index is 0.0930. The molecule has 2 N–H and O–H groups in total. The number of ether oxygens (including phenoxy) is 1. The lowest BCUT2D eigenvalue weighted by Crippen LogP contribution is -2.20. The Balaban J connectivity index is 0.000000250. The Morgan fingerprint density at radius 3 is 2.08 bits per heavy atom. The number of rotatable bonds is 10. The number of hydrogen-bond acceptors (Lipinski definition) is 4. The van der Waals surface area contributed by atoms with E-state index in [-0.39, 0.29) is 11.7 Å². The number of aromatic hydroxyl groups is 1. The summed E-state index contributed by atoms with van der Waals surface area (Å²) in [5.74, 6) is -0.392. The van der Waals surface area contributed by atoms with Gasteiger partial charge < -0.3 is 14.9 Å². The number of esters is 1. The second-order valence-corrected chi connectivity index (χ2v) is 6.04. The van der Waals surface area contributed by atoms with Crippen LogP contribution in [0.1, 0.15) is 81.5 Å². The molecule has 1 heterocycles. The van der Waals surface area contributed by atoms with Gasteiger partial charge in [-0.2, -0.15) is 0 Å². The predicted molar refractivity (Wildman–Crippen MR) is 92.5 cm³/mol. The normalized spacial score (nSPS) is 11.6. The van der Waals surface area contributed by atoms with Crippen LogP contribution in [0.5, 0.6) is 11.5 Å². The van der Waals surface area contributed by atoms with Crippen molar-refractivity contribution in [2.45, 2.75) is 71.1 Å². The van der Waals surface area contributed by atoms with Gasteiger partial charge >= 0.3 is 11.9 Å². The second kappa shape index (κ2) is 11.5. The molecule has 1 aromatic carbocycles. The third-order valence-corrected chi connectivity index (χ3v) is 3.88. The standard InChI is InChI=1S/C12H24O2.C7H4O3/c1-2-3-4-5-6-7-8-9-10-11-12(13)14;8-4-1-2-6-5(3-4)7(9)10-6/h2-11H2,1H3,(H,13,14);1-3,8H. The molecule has 2 rings (SSSR count). The van der Waals surface area contributed by atoms with Crippen molar-refractivity contribution in [1.29, 1.82) is 0 Å². The van der Waals surface area contributed by atoms with Gasteiger partial charge in [-0.3, -0.25) is 4.79 Å². The van der Waals surface area contributed by atoms with Crippen molar-refractivity contribution in [2.24, 2.45) is 0 Å². The van der Waals surface area contributed by atoms with Gasteiger partial charge in [0, 0.05) is 6.42 Å². The van der Waals surface area contributed by atoms with E-state index in [2.05, 4.69) is 11.7 Å². The van der Waals surface area contributed by atoms with E-state index in [1.807, 2.05) is 0 Å². The summed E-state index contributed by atoms with van der Waals surface area (Å²) in [6.45, 7) is 2.23. The zero-order valence-electron chi connectivity index (χ0n) is 14.4. The van der Waals surface area contributed by atoms with Crippen molar-refractivity contribution in [3.8, 4) is 11.5 Å². The van der Waals surface area contributed by atoms with Crippen molar-refractivity contribution < 1.29 is 24.5 Å². The van der Waals surface area contributed by atoms with Gasteiger partial charge in [0.05, 0.1) is 0 Å². The molecule has 1 aromatic rings. The van der Waals surface area contributed by atoms with Crippen LogP contribution in [0, 0.1) is 0 Å². The van der Waals surface area contributed by atoms with Crippen LogP contribution in [0.4, 0.5) is 0 Å². The number of unbranched alkanes of at least 4 members (excludes halogenated alkanes) is 8. The van der Waals surface area contributed by atoms with E-state index < -0.39 is 5.97 Å². The predicted octanol–water partition coefficient (Wildman–Crippen LogP) is 4.92. The summed E-state index contributed by atoms with van der Waals surface area (Å²) in [4.78, 5) is 20.7. The Morgan fingerprint density at radius 1 is 1.00 bits per heavy atom. The Labute approximate surface area is 143 Å². The highest BCUT2D eigenvalue weighted by Crippen LogP contribution is 2.31. The molecule has 0 spiro atoms.